The van der Waals surface area contributed by atoms with Crippen LogP contribution in [0.15, 0.2) is 103 Å². The van der Waals surface area contributed by atoms with E-state index in [0.717, 1.165) is 21.3 Å². The van der Waals surface area contributed by atoms with Crippen LogP contribution in [0, 0.1) is 0 Å². The molecule has 0 radical (unpaired) electrons. The Hall–Kier alpha value is -2.95. The normalized spacial score (nSPS) is 11.9. The van der Waals surface area contributed by atoms with E-state index in [2.05, 4.69) is 41.9 Å². The average Bonchev–Trinajstić information content (AvgIpc) is 2.75. The van der Waals surface area contributed by atoms with Crippen molar-refractivity contribution in [3.8, 4) is 0 Å². The highest BCUT2D eigenvalue weighted by Gasteiger charge is 2.43. The summed E-state index contributed by atoms with van der Waals surface area (Å²) in [6, 6.07) is 31.1. The molecule has 0 amide bonds. The number of rotatable bonds is 8. The molecule has 0 saturated heterocycles. The minimum Gasteiger partial charge on any atom is -0.305 e. The van der Waals surface area contributed by atoms with Gasteiger partial charge < -0.3 is 4.53 Å². The van der Waals surface area contributed by atoms with Crippen LogP contribution >= 0.6 is 0 Å². The molecule has 0 heterocycles. The van der Waals surface area contributed by atoms with E-state index in [9.17, 15) is 4.79 Å². The highest BCUT2D eigenvalue weighted by Crippen LogP contribution is 2.09. The Morgan fingerprint density at radius 3 is 1.54 bits per heavy atom. The summed E-state index contributed by atoms with van der Waals surface area (Å²) in [6.45, 7) is 3.50. The lowest BCUT2D eigenvalue weighted by molar-refractivity contribution is -0.116. The van der Waals surface area contributed by atoms with Gasteiger partial charge in [-0.25, -0.2) is 0 Å². The molecule has 0 atom stereocenters. The predicted octanol–water partition coefficient (Wildman–Crippen LogP) is 3.06. The largest absolute Gasteiger partial charge is 0.321 e. The van der Waals surface area contributed by atoms with Gasteiger partial charge in [-0.2, -0.15) is 0 Å². The van der Waals surface area contributed by atoms with Crippen molar-refractivity contribution >= 4 is 29.7 Å². The van der Waals surface area contributed by atoms with E-state index in [1.807, 2.05) is 67.6 Å². The summed E-state index contributed by atoms with van der Waals surface area (Å²) in [4.78, 5) is 11.3. The van der Waals surface area contributed by atoms with E-state index in [1.54, 1.807) is 6.92 Å². The van der Waals surface area contributed by atoms with Gasteiger partial charge in [0.15, 0.2) is 0 Å². The Balaban J connectivity index is 2.11. The molecule has 0 bridgehead atoms. The quantitative estimate of drug-likeness (QED) is 0.367. The third-order valence-corrected chi connectivity index (χ3v) is 8.45. The molecule has 0 unspecified atom stereocenters. The lowest BCUT2D eigenvalue weighted by Crippen LogP contribution is -2.70. The van der Waals surface area contributed by atoms with E-state index in [1.165, 1.54) is 0 Å². The molecule has 1 N–H and O–H groups in total. The van der Waals surface area contributed by atoms with Gasteiger partial charge in [0.2, 0.25) is 0 Å². The Bertz CT molecular complexity index is 828. The Kier molecular flexibility index (Phi) is 6.58. The van der Waals surface area contributed by atoms with E-state index < -0.39 is 8.32 Å². The van der Waals surface area contributed by atoms with Crippen molar-refractivity contribution in [2.75, 3.05) is 0 Å². The van der Waals surface area contributed by atoms with Crippen LogP contribution in [0.4, 0.5) is 0 Å². The predicted molar refractivity (Wildman–Crippen MR) is 117 cm³/mol. The zero-order valence-corrected chi connectivity index (χ0v) is 17.3. The monoisotopic (exact) mass is 387 g/mol. The van der Waals surface area contributed by atoms with Gasteiger partial charge in [0.1, 0.15) is 5.78 Å². The summed E-state index contributed by atoms with van der Waals surface area (Å²) in [5, 5.41) is 3.46. The van der Waals surface area contributed by atoms with Gasteiger partial charge in [0, 0.05) is 12.1 Å². The summed E-state index contributed by atoms with van der Waals surface area (Å²) in [7, 11) is -2.78. The maximum atomic E-state index is 11.3. The summed E-state index contributed by atoms with van der Waals surface area (Å²) in [5.41, 5.74) is 3.97. The second-order valence-corrected chi connectivity index (χ2v) is 10.1. The minimum atomic E-state index is -2.78. The first-order valence-electron chi connectivity index (χ1n) is 9.39. The SMILES string of the molecule is CC(=O)CC=C(C)NO[Si](c1ccccc1)(c1ccccc1)c1ccccc1. The zero-order valence-electron chi connectivity index (χ0n) is 16.3. The van der Waals surface area contributed by atoms with Crippen LogP contribution in [0.1, 0.15) is 20.3 Å². The number of hydroxylamine groups is 1. The van der Waals surface area contributed by atoms with Crippen molar-refractivity contribution in [1.82, 2.24) is 5.48 Å². The van der Waals surface area contributed by atoms with Gasteiger partial charge in [0.25, 0.3) is 0 Å². The first-order chi connectivity index (χ1) is 13.6. The third-order valence-electron chi connectivity index (χ3n) is 4.60. The molecule has 0 saturated carbocycles. The molecule has 0 aliphatic heterocycles. The highest BCUT2D eigenvalue weighted by atomic mass is 28.4. The van der Waals surface area contributed by atoms with Crippen LogP contribution < -0.4 is 21.0 Å². The zero-order chi connectivity index (χ0) is 19.8. The van der Waals surface area contributed by atoms with E-state index >= 15 is 0 Å². The summed E-state index contributed by atoms with van der Waals surface area (Å²) in [6.07, 6.45) is 2.25. The lowest BCUT2D eigenvalue weighted by atomic mass is 10.3. The van der Waals surface area contributed by atoms with Crippen LogP contribution in [-0.2, 0) is 9.32 Å². The summed E-state index contributed by atoms with van der Waals surface area (Å²) < 4.78 is 6.59. The van der Waals surface area contributed by atoms with Crippen LogP contribution in [-0.4, -0.2) is 14.1 Å². The minimum absolute atomic E-state index is 0.124. The molecule has 0 fully saturated rings. The summed E-state index contributed by atoms with van der Waals surface area (Å²) >= 11 is 0. The van der Waals surface area contributed by atoms with Crippen LogP contribution in [0.25, 0.3) is 0 Å². The Labute approximate surface area is 167 Å². The topological polar surface area (TPSA) is 38.3 Å². The molecule has 28 heavy (non-hydrogen) atoms. The number of nitrogens with one attached hydrogen (secondary N) is 1. The molecular weight excluding hydrogens is 362 g/mol. The van der Waals surface area contributed by atoms with Gasteiger partial charge in [-0.3, -0.25) is 10.3 Å². The fourth-order valence-corrected chi connectivity index (χ4v) is 6.84. The molecule has 0 spiro atoms. The number of carbonyl (C=O) groups is 1. The van der Waals surface area contributed by atoms with Gasteiger partial charge in [-0.05, 0) is 29.4 Å². The summed E-state index contributed by atoms with van der Waals surface area (Å²) in [5.74, 6) is 0.124. The molecule has 3 aromatic carbocycles. The van der Waals surface area contributed by atoms with Crippen LogP contribution in [0.2, 0.25) is 0 Å². The van der Waals surface area contributed by atoms with E-state index in [-0.39, 0.29) is 5.78 Å². The number of benzene rings is 3. The fraction of sp³-hybridized carbons (Fsp3) is 0.125. The first-order valence-corrected chi connectivity index (χ1v) is 11.3. The molecule has 3 nitrogen and oxygen atoms in total. The molecule has 3 aromatic rings. The number of carbonyl (C=O) groups excluding carboxylic acids is 1. The molecule has 142 valence electrons. The van der Waals surface area contributed by atoms with Gasteiger partial charge in [0.05, 0.1) is 0 Å². The maximum absolute atomic E-state index is 11.3. The van der Waals surface area contributed by atoms with Crippen molar-refractivity contribution in [3.63, 3.8) is 0 Å². The van der Waals surface area contributed by atoms with E-state index in [0.29, 0.717) is 6.42 Å². The molecule has 0 aliphatic rings. The Morgan fingerprint density at radius 2 is 1.18 bits per heavy atom. The van der Waals surface area contributed by atoms with Gasteiger partial charge >= 0.3 is 8.32 Å². The van der Waals surface area contributed by atoms with E-state index in [4.69, 9.17) is 4.53 Å². The van der Waals surface area contributed by atoms with Crippen LogP contribution in [0.5, 0.6) is 0 Å². The second-order valence-electron chi connectivity index (χ2n) is 6.78. The number of allylic oxidation sites excluding steroid dienone is 2. The van der Waals surface area contributed by atoms with Crippen molar-refractivity contribution in [2.24, 2.45) is 0 Å². The number of hydrogen-bond donors (Lipinski definition) is 1. The molecule has 0 aromatic heterocycles. The molecule has 0 aliphatic carbocycles. The standard InChI is InChI=1S/C24H25NO2Si/c1-20(18-19-21(2)26)25-27-28(22-12-6-3-7-13-22,23-14-8-4-9-15-23)24-16-10-5-11-17-24/h3-18,25H,19H2,1-2H3. The van der Waals surface area contributed by atoms with Crippen molar-refractivity contribution in [2.45, 2.75) is 20.3 Å². The number of Topliss-reactive ketones (excluding diaryl/α,β-unsaturated/α-hetero) is 1. The first kappa shape index (κ1) is 19.8. The van der Waals surface area contributed by atoms with Gasteiger partial charge in [-0.15, -0.1) is 0 Å². The van der Waals surface area contributed by atoms with Gasteiger partial charge in [-0.1, -0.05) is 97.1 Å². The fourth-order valence-electron chi connectivity index (χ4n) is 3.19. The molecular formula is C24H25NO2Si. The molecule has 4 heteroatoms. The van der Waals surface area contributed by atoms with Crippen molar-refractivity contribution in [3.05, 3.63) is 103 Å². The average molecular weight is 388 g/mol. The van der Waals surface area contributed by atoms with Crippen molar-refractivity contribution < 1.29 is 9.32 Å². The van der Waals surface area contributed by atoms with Crippen molar-refractivity contribution in [1.29, 1.82) is 0 Å². The molecule has 3 rings (SSSR count). The third kappa shape index (κ3) is 4.47. The highest BCUT2D eigenvalue weighted by molar-refractivity contribution is 7.07. The Morgan fingerprint density at radius 1 is 0.786 bits per heavy atom. The smallest absolute Gasteiger partial charge is 0.305 e. The maximum Gasteiger partial charge on any atom is 0.321 e. The number of hydrogen-bond acceptors (Lipinski definition) is 3. The second kappa shape index (κ2) is 9.31. The van der Waals surface area contributed by atoms with Crippen LogP contribution in [0.3, 0.4) is 0 Å². The number of ketones is 1. The lowest BCUT2D eigenvalue weighted by Gasteiger charge is -2.32.